The molecule has 1 fully saturated rings. The molecule has 5 nitrogen and oxygen atoms in total. The Hall–Kier alpha value is -1.62. The van der Waals surface area contributed by atoms with Gasteiger partial charge < -0.3 is 25.6 Å². The second-order valence-electron chi connectivity index (χ2n) is 5.01. The zero-order valence-electron chi connectivity index (χ0n) is 10.2. The Morgan fingerprint density at radius 2 is 1.89 bits per heavy atom. The summed E-state index contributed by atoms with van der Waals surface area (Å²) in [7, 11) is 0. The number of anilines is 2. The smallest absolute Gasteiger partial charge is 0.163 e. The van der Waals surface area contributed by atoms with Crippen molar-refractivity contribution in [1.29, 1.82) is 0 Å². The number of nitrogens with two attached hydrogens (primary N) is 1. The average Bonchev–Trinajstić information content (AvgIpc) is 2.34. The van der Waals surface area contributed by atoms with E-state index in [2.05, 4.69) is 5.32 Å². The van der Waals surface area contributed by atoms with Crippen LogP contribution in [-0.4, -0.2) is 30.5 Å². The van der Waals surface area contributed by atoms with Crippen molar-refractivity contribution in [2.24, 2.45) is 0 Å². The second-order valence-corrected chi connectivity index (χ2v) is 5.01. The summed E-state index contributed by atoms with van der Waals surface area (Å²) < 4.78 is 11.0. The normalized spacial score (nSPS) is 20.1. The maximum atomic E-state index is 10.0. The summed E-state index contributed by atoms with van der Waals surface area (Å²) in [6.07, 6.45) is 2.80. The van der Waals surface area contributed by atoms with Crippen molar-refractivity contribution < 1.29 is 14.6 Å². The summed E-state index contributed by atoms with van der Waals surface area (Å²) in [4.78, 5) is 0. The van der Waals surface area contributed by atoms with Crippen LogP contribution in [0.1, 0.15) is 19.3 Å². The first-order valence-electron chi connectivity index (χ1n) is 6.32. The molecule has 0 amide bonds. The van der Waals surface area contributed by atoms with Crippen molar-refractivity contribution in [3.63, 3.8) is 0 Å². The Balaban J connectivity index is 1.75. The summed E-state index contributed by atoms with van der Waals surface area (Å²) >= 11 is 0. The van der Waals surface area contributed by atoms with Gasteiger partial charge >= 0.3 is 0 Å². The number of benzene rings is 1. The van der Waals surface area contributed by atoms with Crippen molar-refractivity contribution >= 4 is 11.4 Å². The number of aliphatic hydroxyl groups is 1. The largest absolute Gasteiger partial charge is 0.486 e. The van der Waals surface area contributed by atoms with E-state index in [1.165, 1.54) is 0 Å². The quantitative estimate of drug-likeness (QED) is 0.706. The summed E-state index contributed by atoms with van der Waals surface area (Å²) in [5, 5.41) is 13.2. The van der Waals surface area contributed by atoms with Gasteiger partial charge in [0.15, 0.2) is 11.5 Å². The fourth-order valence-corrected chi connectivity index (χ4v) is 2.28. The molecular formula is C13H18N2O3. The molecule has 0 atom stereocenters. The van der Waals surface area contributed by atoms with E-state index in [1.807, 2.05) is 6.07 Å². The van der Waals surface area contributed by atoms with E-state index in [-0.39, 0.29) is 0 Å². The molecule has 4 N–H and O–H groups in total. The van der Waals surface area contributed by atoms with Crippen molar-refractivity contribution in [1.82, 2.24) is 0 Å². The number of rotatable bonds is 3. The van der Waals surface area contributed by atoms with Gasteiger partial charge in [-0.1, -0.05) is 0 Å². The first-order valence-corrected chi connectivity index (χ1v) is 6.32. The van der Waals surface area contributed by atoms with Crippen LogP contribution in [0.15, 0.2) is 12.1 Å². The molecule has 3 rings (SSSR count). The molecule has 0 spiro atoms. The Labute approximate surface area is 106 Å². The van der Waals surface area contributed by atoms with Gasteiger partial charge in [0.1, 0.15) is 13.2 Å². The number of ether oxygens (including phenoxy) is 2. The molecule has 5 heteroatoms. The lowest BCUT2D eigenvalue weighted by Crippen LogP contribution is -2.43. The predicted molar refractivity (Wildman–Crippen MR) is 69.1 cm³/mol. The Morgan fingerprint density at radius 3 is 2.50 bits per heavy atom. The van der Waals surface area contributed by atoms with Crippen LogP contribution in [0.3, 0.4) is 0 Å². The molecule has 98 valence electrons. The average molecular weight is 250 g/mol. The van der Waals surface area contributed by atoms with Gasteiger partial charge in [-0.2, -0.15) is 0 Å². The fraction of sp³-hybridized carbons (Fsp3) is 0.538. The maximum Gasteiger partial charge on any atom is 0.163 e. The highest BCUT2D eigenvalue weighted by atomic mass is 16.6. The summed E-state index contributed by atoms with van der Waals surface area (Å²) in [6, 6.07) is 3.60. The minimum Gasteiger partial charge on any atom is -0.486 e. The third-order valence-electron chi connectivity index (χ3n) is 3.61. The highest BCUT2D eigenvalue weighted by molar-refractivity contribution is 5.72. The molecule has 0 bridgehead atoms. The van der Waals surface area contributed by atoms with E-state index in [0.717, 1.165) is 24.9 Å². The van der Waals surface area contributed by atoms with Gasteiger partial charge in [0.2, 0.25) is 0 Å². The van der Waals surface area contributed by atoms with Gasteiger partial charge in [0.25, 0.3) is 0 Å². The van der Waals surface area contributed by atoms with Crippen LogP contribution >= 0.6 is 0 Å². The number of nitrogen functional groups attached to an aromatic ring is 1. The number of hydrogen-bond donors (Lipinski definition) is 3. The van der Waals surface area contributed by atoms with E-state index in [9.17, 15) is 5.11 Å². The van der Waals surface area contributed by atoms with E-state index in [1.54, 1.807) is 6.07 Å². The fourth-order valence-electron chi connectivity index (χ4n) is 2.28. The molecule has 1 aromatic carbocycles. The standard InChI is InChI=1S/C13H18N2O3/c14-9-6-11-12(18-5-4-17-11)7-10(9)15-8-13(16)2-1-3-13/h6-7,15-16H,1-5,8,14H2. The van der Waals surface area contributed by atoms with Crippen molar-refractivity contribution in [2.45, 2.75) is 24.9 Å². The molecule has 1 aliphatic heterocycles. The number of fused-ring (bicyclic) bond motifs is 1. The number of hydrogen-bond acceptors (Lipinski definition) is 5. The highest BCUT2D eigenvalue weighted by Crippen LogP contribution is 2.38. The molecule has 1 aromatic rings. The van der Waals surface area contributed by atoms with Crippen molar-refractivity contribution in [3.8, 4) is 11.5 Å². The third kappa shape index (κ3) is 2.06. The molecule has 2 aliphatic rings. The Kier molecular flexibility index (Phi) is 2.70. The van der Waals surface area contributed by atoms with Crippen LogP contribution in [0, 0.1) is 0 Å². The third-order valence-corrected chi connectivity index (χ3v) is 3.61. The molecule has 18 heavy (non-hydrogen) atoms. The predicted octanol–water partition coefficient (Wildman–Crippen LogP) is 1.37. The zero-order chi connectivity index (χ0) is 12.6. The van der Waals surface area contributed by atoms with Gasteiger partial charge in [-0.25, -0.2) is 0 Å². The first kappa shape index (κ1) is 11.5. The lowest BCUT2D eigenvalue weighted by atomic mass is 9.80. The van der Waals surface area contributed by atoms with E-state index in [0.29, 0.717) is 36.9 Å². The molecule has 1 aliphatic carbocycles. The topological polar surface area (TPSA) is 76.7 Å². The molecule has 0 aromatic heterocycles. The van der Waals surface area contributed by atoms with Gasteiger partial charge in [0, 0.05) is 18.7 Å². The summed E-state index contributed by atoms with van der Waals surface area (Å²) in [6.45, 7) is 1.64. The molecular weight excluding hydrogens is 232 g/mol. The number of nitrogens with one attached hydrogen (secondary N) is 1. The molecule has 0 unspecified atom stereocenters. The maximum absolute atomic E-state index is 10.0. The van der Waals surface area contributed by atoms with Crippen LogP contribution in [0.5, 0.6) is 11.5 Å². The lowest BCUT2D eigenvalue weighted by molar-refractivity contribution is -0.0201. The summed E-state index contributed by atoms with van der Waals surface area (Å²) in [5.41, 5.74) is 6.79. The molecule has 1 heterocycles. The van der Waals surface area contributed by atoms with Crippen molar-refractivity contribution in [2.75, 3.05) is 30.8 Å². The van der Waals surface area contributed by atoms with Crippen LogP contribution < -0.4 is 20.5 Å². The molecule has 1 saturated carbocycles. The molecule has 0 saturated heterocycles. The zero-order valence-corrected chi connectivity index (χ0v) is 10.2. The summed E-state index contributed by atoms with van der Waals surface area (Å²) in [5.74, 6) is 1.39. The Morgan fingerprint density at radius 1 is 1.22 bits per heavy atom. The van der Waals surface area contributed by atoms with Crippen LogP contribution in [-0.2, 0) is 0 Å². The van der Waals surface area contributed by atoms with Gasteiger partial charge in [-0.15, -0.1) is 0 Å². The monoisotopic (exact) mass is 250 g/mol. The highest BCUT2D eigenvalue weighted by Gasteiger charge is 2.34. The van der Waals surface area contributed by atoms with E-state index >= 15 is 0 Å². The van der Waals surface area contributed by atoms with Crippen molar-refractivity contribution in [3.05, 3.63) is 12.1 Å². The van der Waals surface area contributed by atoms with Gasteiger partial charge in [-0.05, 0) is 19.3 Å². The minimum atomic E-state index is -0.570. The van der Waals surface area contributed by atoms with Crippen LogP contribution in [0.2, 0.25) is 0 Å². The van der Waals surface area contributed by atoms with E-state index in [4.69, 9.17) is 15.2 Å². The van der Waals surface area contributed by atoms with Gasteiger partial charge in [-0.3, -0.25) is 0 Å². The SMILES string of the molecule is Nc1cc2c(cc1NCC1(O)CCC1)OCCO2. The second kappa shape index (κ2) is 4.24. The van der Waals surface area contributed by atoms with Gasteiger partial charge in [0.05, 0.1) is 17.0 Å². The molecule has 0 radical (unpaired) electrons. The lowest BCUT2D eigenvalue weighted by Gasteiger charge is -2.37. The first-order chi connectivity index (χ1) is 8.66. The van der Waals surface area contributed by atoms with Crippen LogP contribution in [0.25, 0.3) is 0 Å². The van der Waals surface area contributed by atoms with Crippen LogP contribution in [0.4, 0.5) is 11.4 Å². The van der Waals surface area contributed by atoms with E-state index < -0.39 is 5.60 Å². The Bertz CT molecular complexity index is 458. The minimum absolute atomic E-state index is 0.525.